The lowest BCUT2D eigenvalue weighted by Crippen LogP contribution is -2.61. The molecule has 0 aromatic rings. The number of hydrogen-bond acceptors (Lipinski definition) is 4. The van der Waals surface area contributed by atoms with E-state index in [4.69, 9.17) is 5.11 Å². The van der Waals surface area contributed by atoms with Crippen molar-refractivity contribution >= 4 is 5.97 Å². The highest BCUT2D eigenvalue weighted by atomic mass is 19.4. The molecule has 0 bridgehead atoms. The minimum Gasteiger partial charge on any atom is -0.480 e. The summed E-state index contributed by atoms with van der Waals surface area (Å²) in [5.41, 5.74) is 0. The predicted molar refractivity (Wildman–Crippen MR) is 46.5 cm³/mol. The number of rotatable bonds is 9. The van der Waals surface area contributed by atoms with Crippen LogP contribution in [0.4, 0.5) is 57.1 Å². The molecule has 0 aromatic heterocycles. The van der Waals surface area contributed by atoms with Gasteiger partial charge < -0.3 is 9.84 Å². The lowest BCUT2D eigenvalue weighted by atomic mass is 10.3. The molecule has 0 fully saturated rings. The van der Waals surface area contributed by atoms with Gasteiger partial charge in [-0.05, 0) is 0 Å². The number of carboxylic acids is 1. The Morgan fingerprint density at radius 3 is 1.38 bits per heavy atom. The van der Waals surface area contributed by atoms with Gasteiger partial charge in [0.05, 0.1) is 0 Å². The number of carbonyl (C=O) groups is 1. The van der Waals surface area contributed by atoms with E-state index in [0.717, 1.165) is 0 Å². The Labute approximate surface area is 132 Å². The summed E-state index contributed by atoms with van der Waals surface area (Å²) >= 11 is 0. The maximum atomic E-state index is 12.8. The summed E-state index contributed by atoms with van der Waals surface area (Å²) in [7, 11) is 0. The van der Waals surface area contributed by atoms with Gasteiger partial charge >= 0.3 is 42.7 Å². The number of carboxylic acid groups (broad SMARTS) is 1. The fourth-order valence-corrected chi connectivity index (χ4v) is 0.900. The van der Waals surface area contributed by atoms with Gasteiger partial charge in [-0.2, -0.15) is 43.9 Å². The Morgan fingerprint density at radius 2 is 1.04 bits per heavy atom. The van der Waals surface area contributed by atoms with Crippen molar-refractivity contribution in [2.24, 2.45) is 0 Å². The van der Waals surface area contributed by atoms with Crippen molar-refractivity contribution in [2.75, 3.05) is 6.61 Å². The lowest BCUT2D eigenvalue weighted by Gasteiger charge is -2.34. The lowest BCUT2D eigenvalue weighted by molar-refractivity contribution is -0.546. The molecule has 0 saturated heterocycles. The molecule has 0 unspecified atom stereocenters. The fourth-order valence-electron chi connectivity index (χ4n) is 0.900. The molecule has 0 amide bonds. The van der Waals surface area contributed by atoms with E-state index < -0.39 is 49.3 Å². The zero-order valence-corrected chi connectivity index (χ0v) is 11.2. The van der Waals surface area contributed by atoms with Crippen LogP contribution in [0.3, 0.4) is 0 Å². The van der Waals surface area contributed by atoms with Crippen molar-refractivity contribution in [1.82, 2.24) is 0 Å². The van der Waals surface area contributed by atoms with Gasteiger partial charge in [0, 0.05) is 0 Å². The Morgan fingerprint density at radius 1 is 0.654 bits per heavy atom. The number of ether oxygens (including phenoxy) is 3. The van der Waals surface area contributed by atoms with Gasteiger partial charge in [-0.15, -0.1) is 13.2 Å². The van der Waals surface area contributed by atoms with Crippen LogP contribution in [0.2, 0.25) is 0 Å². The van der Waals surface area contributed by atoms with E-state index in [-0.39, 0.29) is 0 Å². The van der Waals surface area contributed by atoms with Crippen LogP contribution in [0.25, 0.3) is 0 Å². The summed E-state index contributed by atoms with van der Waals surface area (Å²) in [5.74, 6) is -9.94. The summed E-state index contributed by atoms with van der Waals surface area (Å²) in [4.78, 5) is 9.85. The smallest absolute Gasteiger partial charge is 0.480 e. The summed E-state index contributed by atoms with van der Waals surface area (Å²) in [6.07, 6.45) is -34.6. The van der Waals surface area contributed by atoms with E-state index in [0.29, 0.717) is 0 Å². The standard InChI is InChI=1S/C8H3F13O5/c9-3(10,5(13,14)26-8(19,20)21)4(11,12)25-7(17,18)6(15,16)24-1-2(22)23/h1H2,(H,22,23). The van der Waals surface area contributed by atoms with Crippen molar-refractivity contribution < 1.29 is 81.2 Å². The van der Waals surface area contributed by atoms with E-state index >= 15 is 0 Å². The molecule has 0 aliphatic rings. The second-order valence-corrected chi connectivity index (χ2v) is 3.97. The number of halogens is 13. The first-order valence-corrected chi connectivity index (χ1v) is 5.30. The van der Waals surface area contributed by atoms with Gasteiger partial charge in [-0.3, -0.25) is 0 Å². The first-order chi connectivity index (χ1) is 11.1. The topological polar surface area (TPSA) is 65.0 Å². The molecular weight excluding hydrogens is 423 g/mol. The number of alkyl halides is 13. The number of aliphatic carboxylic acids is 1. The molecule has 0 rings (SSSR count). The molecule has 0 aromatic carbocycles. The van der Waals surface area contributed by atoms with Crippen molar-refractivity contribution in [2.45, 2.75) is 36.7 Å². The maximum absolute atomic E-state index is 12.8. The molecule has 18 heteroatoms. The summed E-state index contributed by atoms with van der Waals surface area (Å²) in [5, 5.41) is 7.88. The first kappa shape index (κ1) is 24.4. The average Bonchev–Trinajstić information content (AvgIpc) is 2.31. The van der Waals surface area contributed by atoms with Crippen LogP contribution < -0.4 is 0 Å². The van der Waals surface area contributed by atoms with Crippen LogP contribution in [0.15, 0.2) is 0 Å². The molecule has 0 spiro atoms. The molecule has 5 nitrogen and oxygen atoms in total. The second kappa shape index (κ2) is 6.87. The molecular formula is C8H3F13O5. The Bertz CT molecular complexity index is 513. The van der Waals surface area contributed by atoms with Crippen LogP contribution >= 0.6 is 0 Å². The minimum absolute atomic E-state index is 1.37. The minimum atomic E-state index is -7.55. The van der Waals surface area contributed by atoms with E-state index in [1.807, 2.05) is 0 Å². The van der Waals surface area contributed by atoms with Crippen LogP contribution in [0, 0.1) is 0 Å². The third-order valence-corrected chi connectivity index (χ3v) is 1.95. The zero-order chi connectivity index (χ0) is 21.4. The van der Waals surface area contributed by atoms with Gasteiger partial charge in [-0.1, -0.05) is 0 Å². The van der Waals surface area contributed by atoms with E-state index in [9.17, 15) is 61.9 Å². The van der Waals surface area contributed by atoms with Gasteiger partial charge in [-0.25, -0.2) is 14.3 Å². The SMILES string of the molecule is O=C(O)COC(F)(F)C(F)(F)OC(F)(F)C(F)(F)C(F)(F)OC(F)(F)F. The van der Waals surface area contributed by atoms with Gasteiger partial charge in [0.25, 0.3) is 0 Å². The highest BCUT2D eigenvalue weighted by Gasteiger charge is 2.80. The third-order valence-electron chi connectivity index (χ3n) is 1.95. The highest BCUT2D eigenvalue weighted by molar-refractivity contribution is 5.68. The Balaban J connectivity index is 5.63. The summed E-state index contributed by atoms with van der Waals surface area (Å²) in [6, 6.07) is 0. The predicted octanol–water partition coefficient (Wildman–Crippen LogP) is 3.65. The molecule has 1 N–H and O–H groups in total. The molecule has 0 aliphatic heterocycles. The van der Waals surface area contributed by atoms with Crippen LogP contribution in [-0.4, -0.2) is 54.4 Å². The Hall–Kier alpha value is -1.56. The molecule has 156 valence electrons. The first-order valence-electron chi connectivity index (χ1n) is 5.30. The quantitative estimate of drug-likeness (QED) is 0.571. The van der Waals surface area contributed by atoms with E-state index in [1.165, 1.54) is 4.74 Å². The molecule has 0 heterocycles. The summed E-state index contributed by atoms with van der Waals surface area (Å²) in [6.45, 7) is -2.32. The van der Waals surface area contributed by atoms with Crippen LogP contribution in [0.5, 0.6) is 0 Å². The maximum Gasteiger partial charge on any atom is 0.527 e. The molecule has 26 heavy (non-hydrogen) atoms. The van der Waals surface area contributed by atoms with Gasteiger partial charge in [0.15, 0.2) is 6.61 Å². The molecule has 0 saturated carbocycles. The Kier molecular flexibility index (Phi) is 6.46. The average molecular weight is 426 g/mol. The summed E-state index contributed by atoms with van der Waals surface area (Å²) < 4.78 is 167. The molecule has 0 radical (unpaired) electrons. The van der Waals surface area contributed by atoms with E-state index in [2.05, 4.69) is 4.74 Å². The van der Waals surface area contributed by atoms with Crippen molar-refractivity contribution in [3.05, 3.63) is 0 Å². The third kappa shape index (κ3) is 5.47. The van der Waals surface area contributed by atoms with Crippen LogP contribution in [-0.2, 0) is 19.0 Å². The molecule has 0 aliphatic carbocycles. The normalized spacial score (nSPS) is 15.3. The van der Waals surface area contributed by atoms with Crippen LogP contribution in [0.1, 0.15) is 0 Å². The van der Waals surface area contributed by atoms with Crippen molar-refractivity contribution in [3.8, 4) is 0 Å². The van der Waals surface area contributed by atoms with E-state index in [1.54, 1.807) is 4.74 Å². The van der Waals surface area contributed by atoms with Crippen molar-refractivity contribution in [3.63, 3.8) is 0 Å². The highest BCUT2D eigenvalue weighted by Crippen LogP contribution is 2.52. The molecule has 0 atom stereocenters. The zero-order valence-electron chi connectivity index (χ0n) is 11.2. The number of hydrogen-bond donors (Lipinski definition) is 1. The monoisotopic (exact) mass is 426 g/mol. The van der Waals surface area contributed by atoms with Gasteiger partial charge in [0.2, 0.25) is 0 Å². The van der Waals surface area contributed by atoms with Crippen molar-refractivity contribution in [1.29, 1.82) is 0 Å². The second-order valence-electron chi connectivity index (χ2n) is 3.97. The van der Waals surface area contributed by atoms with Gasteiger partial charge in [0.1, 0.15) is 0 Å². The largest absolute Gasteiger partial charge is 0.527 e. The fraction of sp³-hybridized carbons (Fsp3) is 0.875.